The number of nitriles is 2. The Hall–Kier alpha value is -1.94. The zero-order chi connectivity index (χ0) is 7.40. The summed E-state index contributed by atoms with van der Waals surface area (Å²) in [5.41, 5.74) is 0.443. The van der Waals surface area contributed by atoms with Gasteiger partial charge in [0.15, 0.2) is 11.4 Å². The molecule has 0 aromatic carbocycles. The van der Waals surface area contributed by atoms with Gasteiger partial charge in [-0.1, -0.05) is 0 Å². The van der Waals surface area contributed by atoms with E-state index in [-0.39, 0.29) is 11.4 Å². The number of aromatic nitrogens is 2. The smallest absolute Gasteiger partial charge is 0.158 e. The van der Waals surface area contributed by atoms with Gasteiger partial charge in [0, 0.05) is 0 Å². The first kappa shape index (κ1) is 6.18. The average molecular weight is 130 g/mol. The van der Waals surface area contributed by atoms with Crippen molar-refractivity contribution in [2.24, 2.45) is 0 Å². The van der Waals surface area contributed by atoms with Crippen LogP contribution in [0, 0.1) is 22.7 Å². The van der Waals surface area contributed by atoms with Crippen LogP contribution in [0.5, 0.6) is 0 Å². The van der Waals surface area contributed by atoms with Crippen molar-refractivity contribution < 1.29 is 0 Å². The normalized spacial score (nSPS) is 7.80. The highest BCUT2D eigenvalue weighted by Gasteiger charge is 1.91. The molecule has 0 bridgehead atoms. The molecule has 46 valence electrons. The lowest BCUT2D eigenvalue weighted by molar-refractivity contribution is 1.13. The highest BCUT2D eigenvalue weighted by molar-refractivity contribution is 5.21. The first-order valence-corrected chi connectivity index (χ1v) is 2.49. The predicted molar refractivity (Wildman–Crippen MR) is 31.5 cm³/mol. The molecule has 0 saturated heterocycles. The molecule has 1 aromatic heterocycles. The fourth-order valence-electron chi connectivity index (χ4n) is 0.444. The third-order valence-corrected chi connectivity index (χ3v) is 0.881. The van der Waals surface area contributed by atoms with Gasteiger partial charge in [0.2, 0.25) is 0 Å². The van der Waals surface area contributed by atoms with Gasteiger partial charge < -0.3 is 0 Å². The molecule has 1 heterocycles. The SMILES string of the molecule is N#Cc1cnc(C#N)cn1. The molecule has 0 atom stereocenters. The molecule has 0 saturated carbocycles. The Labute approximate surface area is 57.4 Å². The molecular weight excluding hydrogens is 128 g/mol. The second-order valence-electron chi connectivity index (χ2n) is 1.51. The lowest BCUT2D eigenvalue weighted by Gasteiger charge is -1.84. The summed E-state index contributed by atoms with van der Waals surface area (Å²) in [7, 11) is 0. The maximum atomic E-state index is 8.27. The van der Waals surface area contributed by atoms with E-state index in [2.05, 4.69) is 9.97 Å². The summed E-state index contributed by atoms with van der Waals surface area (Å²) in [4.78, 5) is 7.24. The maximum absolute atomic E-state index is 8.27. The van der Waals surface area contributed by atoms with Crippen molar-refractivity contribution in [1.29, 1.82) is 10.5 Å². The Morgan fingerprint density at radius 1 is 1.00 bits per heavy atom. The molecule has 1 aromatic rings. The van der Waals surface area contributed by atoms with Crippen molar-refractivity contribution in [3.8, 4) is 12.1 Å². The summed E-state index contributed by atoms with van der Waals surface area (Å²) in [6.07, 6.45) is 2.52. The van der Waals surface area contributed by atoms with Crippen LogP contribution in [-0.4, -0.2) is 9.97 Å². The van der Waals surface area contributed by atoms with Crippen LogP contribution in [-0.2, 0) is 0 Å². The van der Waals surface area contributed by atoms with Gasteiger partial charge in [0.25, 0.3) is 0 Å². The van der Waals surface area contributed by atoms with Crippen LogP contribution in [0.3, 0.4) is 0 Å². The fourth-order valence-corrected chi connectivity index (χ4v) is 0.444. The van der Waals surface area contributed by atoms with Crippen molar-refractivity contribution in [1.82, 2.24) is 9.97 Å². The molecule has 0 fully saturated rings. The Kier molecular flexibility index (Phi) is 1.58. The molecule has 0 spiro atoms. The summed E-state index contributed by atoms with van der Waals surface area (Å²) in [6.45, 7) is 0. The molecule has 0 unspecified atom stereocenters. The molecule has 0 aliphatic carbocycles. The zero-order valence-corrected chi connectivity index (χ0v) is 4.94. The topological polar surface area (TPSA) is 73.4 Å². The van der Waals surface area contributed by atoms with E-state index in [1.807, 2.05) is 0 Å². The van der Waals surface area contributed by atoms with Crippen LogP contribution in [0.4, 0.5) is 0 Å². The standard InChI is InChI=1S/C6H2N4/c7-1-5-3-10-6(2-8)4-9-5/h3-4H. The molecule has 0 aliphatic rings. The lowest BCUT2D eigenvalue weighted by Crippen LogP contribution is -1.87. The van der Waals surface area contributed by atoms with Gasteiger partial charge in [0.05, 0.1) is 12.4 Å². The summed E-state index contributed by atoms with van der Waals surface area (Å²) >= 11 is 0. The third kappa shape index (κ3) is 1.07. The Bertz CT molecular complexity index is 267. The highest BCUT2D eigenvalue weighted by atomic mass is 14.8. The van der Waals surface area contributed by atoms with Crippen LogP contribution in [0.25, 0.3) is 0 Å². The van der Waals surface area contributed by atoms with Crippen molar-refractivity contribution in [3.05, 3.63) is 23.8 Å². The number of hydrogen-bond acceptors (Lipinski definition) is 4. The molecule has 0 amide bonds. The average Bonchev–Trinajstić information content (AvgIpc) is 2.05. The van der Waals surface area contributed by atoms with Gasteiger partial charge in [0.1, 0.15) is 12.1 Å². The summed E-state index contributed by atoms with van der Waals surface area (Å²) in [5.74, 6) is 0. The van der Waals surface area contributed by atoms with Gasteiger partial charge >= 0.3 is 0 Å². The molecule has 0 radical (unpaired) electrons. The quantitative estimate of drug-likeness (QED) is 0.503. The van der Waals surface area contributed by atoms with Crippen molar-refractivity contribution in [2.75, 3.05) is 0 Å². The van der Waals surface area contributed by atoms with Crippen LogP contribution in [0.15, 0.2) is 12.4 Å². The van der Waals surface area contributed by atoms with Crippen molar-refractivity contribution in [3.63, 3.8) is 0 Å². The monoisotopic (exact) mass is 130 g/mol. The third-order valence-electron chi connectivity index (χ3n) is 0.881. The lowest BCUT2D eigenvalue weighted by atomic mass is 10.4. The first-order chi connectivity index (χ1) is 4.86. The van der Waals surface area contributed by atoms with E-state index in [0.717, 1.165) is 0 Å². The zero-order valence-electron chi connectivity index (χ0n) is 4.94. The minimum Gasteiger partial charge on any atom is -0.241 e. The summed E-state index contributed by atoms with van der Waals surface area (Å²) in [5, 5.41) is 16.5. The van der Waals surface area contributed by atoms with E-state index in [0.29, 0.717) is 0 Å². The highest BCUT2D eigenvalue weighted by Crippen LogP contribution is 1.90. The van der Waals surface area contributed by atoms with Gasteiger partial charge in [-0.2, -0.15) is 10.5 Å². The predicted octanol–water partition coefficient (Wildman–Crippen LogP) is 0.220. The minimum absolute atomic E-state index is 0.221. The summed E-state index contributed by atoms with van der Waals surface area (Å²) in [6, 6.07) is 3.59. The second kappa shape index (κ2) is 2.56. The summed E-state index contributed by atoms with van der Waals surface area (Å²) < 4.78 is 0. The van der Waals surface area contributed by atoms with Gasteiger partial charge in [-0.25, -0.2) is 9.97 Å². The maximum Gasteiger partial charge on any atom is 0.158 e. The van der Waals surface area contributed by atoms with Gasteiger partial charge in [-0.05, 0) is 0 Å². The van der Waals surface area contributed by atoms with E-state index >= 15 is 0 Å². The fraction of sp³-hybridized carbons (Fsp3) is 0. The van der Waals surface area contributed by atoms with Gasteiger partial charge in [-0.3, -0.25) is 0 Å². The Balaban J connectivity index is 3.08. The van der Waals surface area contributed by atoms with Crippen LogP contribution >= 0.6 is 0 Å². The molecule has 0 aliphatic heterocycles. The minimum atomic E-state index is 0.221. The molecule has 1 rings (SSSR count). The molecule has 10 heavy (non-hydrogen) atoms. The van der Waals surface area contributed by atoms with E-state index in [1.54, 1.807) is 12.1 Å². The Morgan fingerprint density at radius 3 is 1.60 bits per heavy atom. The number of hydrogen-bond donors (Lipinski definition) is 0. The van der Waals surface area contributed by atoms with Crippen molar-refractivity contribution >= 4 is 0 Å². The van der Waals surface area contributed by atoms with Crippen LogP contribution < -0.4 is 0 Å². The molecular formula is C6H2N4. The molecule has 4 heteroatoms. The number of nitrogens with zero attached hydrogens (tertiary/aromatic N) is 4. The van der Waals surface area contributed by atoms with E-state index in [1.165, 1.54) is 12.4 Å². The van der Waals surface area contributed by atoms with Crippen LogP contribution in [0.2, 0.25) is 0 Å². The Morgan fingerprint density at radius 2 is 1.40 bits per heavy atom. The molecule has 0 N–H and O–H groups in total. The molecule has 4 nitrogen and oxygen atoms in total. The van der Waals surface area contributed by atoms with Gasteiger partial charge in [-0.15, -0.1) is 0 Å². The van der Waals surface area contributed by atoms with E-state index in [9.17, 15) is 0 Å². The largest absolute Gasteiger partial charge is 0.241 e. The first-order valence-electron chi connectivity index (χ1n) is 2.49. The number of rotatable bonds is 0. The van der Waals surface area contributed by atoms with E-state index in [4.69, 9.17) is 10.5 Å². The van der Waals surface area contributed by atoms with Crippen molar-refractivity contribution in [2.45, 2.75) is 0 Å². The van der Waals surface area contributed by atoms with Crippen LogP contribution in [0.1, 0.15) is 11.4 Å². The van der Waals surface area contributed by atoms with E-state index < -0.39 is 0 Å². The second-order valence-corrected chi connectivity index (χ2v) is 1.51.